The van der Waals surface area contributed by atoms with Gasteiger partial charge in [0.15, 0.2) is 0 Å². The average Bonchev–Trinajstić information content (AvgIpc) is 3.35. The monoisotopic (exact) mass is 492 g/mol. The fourth-order valence-corrected chi connectivity index (χ4v) is 4.96. The number of methoxy groups -OCH3 is 1. The van der Waals surface area contributed by atoms with Gasteiger partial charge in [-0.25, -0.2) is 4.68 Å². The number of ether oxygens (including phenoxy) is 1. The van der Waals surface area contributed by atoms with Gasteiger partial charge in [0.25, 0.3) is 5.91 Å². The van der Waals surface area contributed by atoms with Gasteiger partial charge in [-0.3, -0.25) is 9.69 Å². The van der Waals surface area contributed by atoms with Crippen molar-refractivity contribution < 1.29 is 19.4 Å². The summed E-state index contributed by atoms with van der Waals surface area (Å²) in [5.41, 5.74) is 4.30. The van der Waals surface area contributed by atoms with Crippen molar-refractivity contribution >= 4 is 46.3 Å². The van der Waals surface area contributed by atoms with Gasteiger partial charge in [0.1, 0.15) is 15.8 Å². The van der Waals surface area contributed by atoms with Gasteiger partial charge in [-0.15, -0.1) is 0 Å². The highest BCUT2D eigenvalue weighted by Gasteiger charge is 2.32. The molecule has 1 amide bonds. The number of hydrogen-bond donors (Lipinski definition) is 0. The summed E-state index contributed by atoms with van der Waals surface area (Å²) in [5.74, 6) is -0.630. The van der Waals surface area contributed by atoms with Crippen LogP contribution < -0.4 is 9.84 Å². The highest BCUT2D eigenvalue weighted by molar-refractivity contribution is 8.26. The molecule has 1 aliphatic heterocycles. The lowest BCUT2D eigenvalue weighted by Gasteiger charge is -2.14. The quantitative estimate of drug-likeness (QED) is 0.351. The lowest BCUT2D eigenvalue weighted by molar-refractivity contribution is -0.305. The van der Waals surface area contributed by atoms with Gasteiger partial charge in [-0.05, 0) is 61.7 Å². The number of aliphatic carboxylic acids is 1. The molecule has 0 bridgehead atoms. The number of para-hydroxylation sites is 1. The van der Waals surface area contributed by atoms with Crippen molar-refractivity contribution in [3.05, 3.63) is 70.8 Å². The Hall–Kier alpha value is -3.43. The zero-order chi connectivity index (χ0) is 24.2. The summed E-state index contributed by atoms with van der Waals surface area (Å²) in [5, 5.41) is 15.6. The Balaban J connectivity index is 1.73. The van der Waals surface area contributed by atoms with Gasteiger partial charge in [0, 0.05) is 29.8 Å². The minimum absolute atomic E-state index is 0.124. The molecule has 7 nitrogen and oxygen atoms in total. The molecular formula is C25H22N3O4S2-. The first kappa shape index (κ1) is 23.7. The predicted octanol–water partition coefficient (Wildman–Crippen LogP) is 3.59. The van der Waals surface area contributed by atoms with E-state index in [0.29, 0.717) is 9.23 Å². The van der Waals surface area contributed by atoms with Crippen molar-refractivity contribution in [3.63, 3.8) is 0 Å². The third kappa shape index (κ3) is 5.05. The molecule has 1 saturated heterocycles. The Morgan fingerprint density at radius 3 is 2.68 bits per heavy atom. The van der Waals surface area contributed by atoms with Crippen LogP contribution >= 0.6 is 24.0 Å². The fourth-order valence-electron chi connectivity index (χ4n) is 3.66. The van der Waals surface area contributed by atoms with E-state index < -0.39 is 5.97 Å². The van der Waals surface area contributed by atoms with Crippen molar-refractivity contribution in [3.8, 4) is 22.7 Å². The fraction of sp³-hybridized carbons (Fsp3) is 0.200. The number of aryl methyl sites for hydroxylation is 1. The largest absolute Gasteiger partial charge is 0.550 e. The number of nitrogens with zero attached hydrogens (tertiary/aromatic N) is 3. The summed E-state index contributed by atoms with van der Waals surface area (Å²) in [6.07, 6.45) is 3.84. The van der Waals surface area contributed by atoms with Gasteiger partial charge >= 0.3 is 0 Å². The molecule has 0 atom stereocenters. The topological polar surface area (TPSA) is 87.5 Å². The van der Waals surface area contributed by atoms with E-state index in [4.69, 9.17) is 22.1 Å². The van der Waals surface area contributed by atoms with Gasteiger partial charge in [-0.2, -0.15) is 5.10 Å². The number of carbonyl (C=O) groups excluding carboxylic acids is 2. The predicted molar refractivity (Wildman–Crippen MR) is 134 cm³/mol. The number of carboxylic acid groups (broad SMARTS) is 1. The molecule has 34 heavy (non-hydrogen) atoms. The molecule has 174 valence electrons. The average molecular weight is 493 g/mol. The van der Waals surface area contributed by atoms with Crippen molar-refractivity contribution in [1.82, 2.24) is 14.7 Å². The minimum Gasteiger partial charge on any atom is -0.550 e. The molecule has 2 heterocycles. The Kier molecular flexibility index (Phi) is 7.14. The molecule has 0 aliphatic carbocycles. The first-order valence-electron chi connectivity index (χ1n) is 10.6. The second-order valence-corrected chi connectivity index (χ2v) is 9.38. The maximum absolute atomic E-state index is 13.0. The van der Waals surface area contributed by atoms with E-state index >= 15 is 0 Å². The number of carbonyl (C=O) groups is 2. The molecule has 1 aromatic heterocycles. The van der Waals surface area contributed by atoms with E-state index in [1.807, 2.05) is 61.7 Å². The van der Waals surface area contributed by atoms with E-state index in [-0.39, 0.29) is 25.3 Å². The number of rotatable bonds is 8. The van der Waals surface area contributed by atoms with Gasteiger partial charge in [0.2, 0.25) is 0 Å². The SMILES string of the molecule is COc1ccc(-c2nn(-c3ccccc3)cc2/C=C2/SC(=S)N(CCCC(=O)[O-])C2=O)c(C)c1. The van der Waals surface area contributed by atoms with Crippen molar-refractivity contribution in [2.45, 2.75) is 19.8 Å². The molecule has 0 spiro atoms. The maximum Gasteiger partial charge on any atom is 0.266 e. The molecule has 9 heteroatoms. The van der Waals surface area contributed by atoms with Crippen molar-refractivity contribution in [1.29, 1.82) is 0 Å². The van der Waals surface area contributed by atoms with Crippen molar-refractivity contribution in [2.24, 2.45) is 0 Å². The standard InChI is InChI=1S/C25H23N3O4S2/c1-16-13-19(32-2)10-11-20(16)23-17(15-28(26-23)18-7-4-3-5-8-18)14-21-24(31)27(25(33)34-21)12-6-9-22(29)30/h3-5,7-8,10-11,13-15H,6,9,12H2,1-2H3,(H,29,30)/p-1/b21-14+. The van der Waals surface area contributed by atoms with Crippen LogP contribution in [-0.4, -0.2) is 44.5 Å². The number of hydrogen-bond acceptors (Lipinski definition) is 7. The summed E-state index contributed by atoms with van der Waals surface area (Å²) in [6.45, 7) is 2.23. The van der Waals surface area contributed by atoms with Crippen LogP contribution in [-0.2, 0) is 9.59 Å². The number of aromatic nitrogens is 2. The van der Waals surface area contributed by atoms with E-state index in [9.17, 15) is 14.7 Å². The zero-order valence-corrected chi connectivity index (χ0v) is 20.3. The minimum atomic E-state index is -1.14. The van der Waals surface area contributed by atoms with Gasteiger partial charge < -0.3 is 14.6 Å². The molecule has 2 aromatic carbocycles. The lowest BCUT2D eigenvalue weighted by Crippen LogP contribution is -2.30. The van der Waals surface area contributed by atoms with E-state index in [0.717, 1.165) is 33.8 Å². The highest BCUT2D eigenvalue weighted by atomic mass is 32.2. The van der Waals surface area contributed by atoms with E-state index in [2.05, 4.69) is 0 Å². The molecule has 4 rings (SSSR count). The van der Waals surface area contributed by atoms with E-state index in [1.165, 1.54) is 16.7 Å². The number of thiocarbonyl (C=S) groups is 1. The van der Waals surface area contributed by atoms with Crippen LogP contribution in [0.2, 0.25) is 0 Å². The number of benzene rings is 2. The summed E-state index contributed by atoms with van der Waals surface area (Å²) >= 11 is 6.58. The highest BCUT2D eigenvalue weighted by Crippen LogP contribution is 2.36. The Morgan fingerprint density at radius 1 is 1.24 bits per heavy atom. The van der Waals surface area contributed by atoms with Crippen LogP contribution in [0.25, 0.3) is 23.0 Å². The molecule has 0 radical (unpaired) electrons. The first-order valence-corrected chi connectivity index (χ1v) is 11.8. The molecule has 1 aliphatic rings. The Bertz CT molecular complexity index is 1280. The normalized spacial score (nSPS) is 14.8. The number of carboxylic acids is 1. The smallest absolute Gasteiger partial charge is 0.266 e. The lowest BCUT2D eigenvalue weighted by atomic mass is 10.0. The third-order valence-electron chi connectivity index (χ3n) is 5.37. The summed E-state index contributed by atoms with van der Waals surface area (Å²) in [7, 11) is 1.62. The second kappa shape index (κ2) is 10.2. The van der Waals surface area contributed by atoms with E-state index in [1.54, 1.807) is 17.9 Å². The Morgan fingerprint density at radius 2 is 2.00 bits per heavy atom. The van der Waals surface area contributed by atoms with Crippen LogP contribution in [0.4, 0.5) is 0 Å². The number of amides is 1. The number of thioether (sulfide) groups is 1. The Labute approximate surface area is 207 Å². The zero-order valence-electron chi connectivity index (χ0n) is 18.7. The van der Waals surface area contributed by atoms with Crippen LogP contribution in [0, 0.1) is 6.92 Å². The third-order valence-corrected chi connectivity index (χ3v) is 6.75. The van der Waals surface area contributed by atoms with Crippen molar-refractivity contribution in [2.75, 3.05) is 13.7 Å². The van der Waals surface area contributed by atoms with Gasteiger partial charge in [-0.1, -0.05) is 42.2 Å². The summed E-state index contributed by atoms with van der Waals surface area (Å²) < 4.78 is 7.53. The molecule has 3 aromatic rings. The van der Waals surface area contributed by atoms with Gasteiger partial charge in [0.05, 0.1) is 17.7 Å². The molecule has 1 fully saturated rings. The van der Waals surface area contributed by atoms with Crippen LogP contribution in [0.1, 0.15) is 24.0 Å². The van der Waals surface area contributed by atoms with Crippen LogP contribution in [0.5, 0.6) is 5.75 Å². The molecular weight excluding hydrogens is 470 g/mol. The maximum atomic E-state index is 13.0. The summed E-state index contributed by atoms with van der Waals surface area (Å²) in [6, 6.07) is 15.5. The van der Waals surface area contributed by atoms with Crippen LogP contribution in [0.15, 0.2) is 59.6 Å². The molecule has 0 N–H and O–H groups in total. The molecule has 0 unspecified atom stereocenters. The summed E-state index contributed by atoms with van der Waals surface area (Å²) in [4.78, 5) is 25.6. The van der Waals surface area contributed by atoms with Crippen LogP contribution in [0.3, 0.4) is 0 Å². The first-order chi connectivity index (χ1) is 16.4. The molecule has 0 saturated carbocycles. The second-order valence-electron chi connectivity index (χ2n) is 7.70.